The number of rotatable bonds is 7. The molecule has 2 aromatic rings. The summed E-state index contributed by atoms with van der Waals surface area (Å²) >= 11 is 0. The number of hydrogen-bond acceptors (Lipinski definition) is 3. The predicted octanol–water partition coefficient (Wildman–Crippen LogP) is 6.87. The number of aromatic nitrogens is 1. The molecular weight excluding hydrogens is 392 g/mol. The highest BCUT2D eigenvalue weighted by Gasteiger charge is 2.37. The number of hydrogen-bond donors (Lipinski definition) is 1. The molecule has 1 aliphatic carbocycles. The van der Waals surface area contributed by atoms with Gasteiger partial charge < -0.3 is 10.0 Å². The van der Waals surface area contributed by atoms with Crippen LogP contribution in [0.4, 0.5) is 5.82 Å². The zero-order valence-electron chi connectivity index (χ0n) is 20.7. The smallest absolute Gasteiger partial charge is 0.129 e. The lowest BCUT2D eigenvalue weighted by Crippen LogP contribution is -2.36. The third kappa shape index (κ3) is 5.03. The van der Waals surface area contributed by atoms with E-state index in [0.29, 0.717) is 6.61 Å². The largest absolute Gasteiger partial charge is 0.396 e. The number of unbranched alkanes of at least 4 members (excludes halogenated alkanes) is 2. The van der Waals surface area contributed by atoms with Gasteiger partial charge in [-0.05, 0) is 84.6 Å². The number of aliphatic hydroxyl groups is 1. The summed E-state index contributed by atoms with van der Waals surface area (Å²) in [4.78, 5) is 7.63. The van der Waals surface area contributed by atoms with Crippen molar-refractivity contribution in [3.63, 3.8) is 0 Å². The highest BCUT2D eigenvalue weighted by Crippen LogP contribution is 2.46. The summed E-state index contributed by atoms with van der Waals surface area (Å²) in [6.07, 6.45) is 9.64. The number of aliphatic hydroxyl groups excluding tert-OH is 1. The molecule has 0 radical (unpaired) electrons. The van der Waals surface area contributed by atoms with Gasteiger partial charge in [0.15, 0.2) is 0 Å². The van der Waals surface area contributed by atoms with Gasteiger partial charge in [0, 0.05) is 25.3 Å². The molecule has 1 unspecified atom stereocenters. The van der Waals surface area contributed by atoms with Crippen molar-refractivity contribution in [2.45, 2.75) is 89.9 Å². The molecule has 1 saturated heterocycles. The molecule has 0 spiro atoms. The molecule has 174 valence electrons. The van der Waals surface area contributed by atoms with Crippen molar-refractivity contribution < 1.29 is 5.11 Å². The van der Waals surface area contributed by atoms with Crippen LogP contribution in [0.3, 0.4) is 0 Å². The molecule has 0 amide bonds. The molecule has 1 N–H and O–H groups in total. The molecule has 2 heterocycles. The van der Waals surface area contributed by atoms with Crippen LogP contribution in [0, 0.1) is 5.92 Å². The van der Waals surface area contributed by atoms with Crippen molar-refractivity contribution in [1.82, 2.24) is 4.98 Å². The Hall–Kier alpha value is -1.87. The Bertz CT molecular complexity index is 917. The van der Waals surface area contributed by atoms with E-state index >= 15 is 0 Å². The van der Waals surface area contributed by atoms with Gasteiger partial charge in [-0.15, -0.1) is 0 Å². The topological polar surface area (TPSA) is 36.4 Å². The van der Waals surface area contributed by atoms with E-state index in [0.717, 1.165) is 43.4 Å². The van der Waals surface area contributed by atoms with E-state index in [1.165, 1.54) is 55.2 Å². The minimum Gasteiger partial charge on any atom is -0.396 e. The Morgan fingerprint density at radius 1 is 0.969 bits per heavy atom. The zero-order chi connectivity index (χ0) is 22.8. The van der Waals surface area contributed by atoms with Gasteiger partial charge in [0.25, 0.3) is 0 Å². The molecule has 1 aliphatic heterocycles. The van der Waals surface area contributed by atoms with Crippen molar-refractivity contribution in [2.24, 2.45) is 5.92 Å². The second kappa shape index (κ2) is 9.55. The first-order valence-corrected chi connectivity index (χ1v) is 12.8. The van der Waals surface area contributed by atoms with Crippen LogP contribution < -0.4 is 4.90 Å². The second-order valence-corrected chi connectivity index (χ2v) is 11.4. The van der Waals surface area contributed by atoms with E-state index in [2.05, 4.69) is 69.0 Å². The third-order valence-electron chi connectivity index (χ3n) is 8.00. The zero-order valence-corrected chi connectivity index (χ0v) is 20.7. The van der Waals surface area contributed by atoms with Crippen molar-refractivity contribution in [3.05, 3.63) is 47.5 Å². The lowest BCUT2D eigenvalue weighted by molar-refractivity contribution is 0.278. The number of benzene rings is 1. The molecule has 3 nitrogen and oxygen atoms in total. The normalized spacial score (nSPS) is 21.9. The molecule has 1 atom stereocenters. The van der Waals surface area contributed by atoms with Crippen LogP contribution in [0.2, 0.25) is 0 Å². The first-order chi connectivity index (χ1) is 15.3. The van der Waals surface area contributed by atoms with E-state index in [1.807, 2.05) is 0 Å². The van der Waals surface area contributed by atoms with E-state index in [4.69, 9.17) is 10.1 Å². The minimum atomic E-state index is 0.217. The lowest BCUT2D eigenvalue weighted by Gasteiger charge is -2.42. The Labute approximate surface area is 195 Å². The summed E-state index contributed by atoms with van der Waals surface area (Å²) in [5.41, 5.74) is 5.81. The van der Waals surface area contributed by atoms with Gasteiger partial charge >= 0.3 is 0 Å². The van der Waals surface area contributed by atoms with Crippen molar-refractivity contribution >= 4 is 5.82 Å². The van der Waals surface area contributed by atoms with Crippen LogP contribution in [0.1, 0.15) is 90.2 Å². The van der Waals surface area contributed by atoms with E-state index < -0.39 is 0 Å². The maximum absolute atomic E-state index is 9.02. The van der Waals surface area contributed by atoms with Crippen LogP contribution in [0.25, 0.3) is 11.3 Å². The van der Waals surface area contributed by atoms with E-state index in [-0.39, 0.29) is 10.8 Å². The lowest BCUT2D eigenvalue weighted by atomic mass is 9.63. The molecule has 4 rings (SSSR count). The summed E-state index contributed by atoms with van der Waals surface area (Å²) in [5, 5.41) is 9.02. The molecule has 1 fully saturated rings. The SMILES string of the molecule is CC1(C)CCC(C)(C)c2cc(-c3cccc(N4CCCC(CCCCCO)C4)n3)ccc21. The summed E-state index contributed by atoms with van der Waals surface area (Å²) in [7, 11) is 0. The van der Waals surface area contributed by atoms with Crippen LogP contribution in [-0.4, -0.2) is 29.8 Å². The van der Waals surface area contributed by atoms with Crippen LogP contribution in [-0.2, 0) is 10.8 Å². The van der Waals surface area contributed by atoms with Crippen LogP contribution in [0.5, 0.6) is 0 Å². The van der Waals surface area contributed by atoms with Gasteiger partial charge in [-0.25, -0.2) is 4.98 Å². The number of pyridine rings is 1. The first-order valence-electron chi connectivity index (χ1n) is 12.8. The average Bonchev–Trinajstić information content (AvgIpc) is 2.80. The molecule has 2 aliphatic rings. The molecule has 32 heavy (non-hydrogen) atoms. The number of piperidine rings is 1. The highest BCUT2D eigenvalue weighted by molar-refractivity contribution is 5.65. The monoisotopic (exact) mass is 434 g/mol. The fourth-order valence-corrected chi connectivity index (χ4v) is 5.74. The van der Waals surface area contributed by atoms with Gasteiger partial charge in [-0.2, -0.15) is 0 Å². The number of nitrogens with zero attached hydrogens (tertiary/aromatic N) is 2. The van der Waals surface area contributed by atoms with Gasteiger partial charge in [0.2, 0.25) is 0 Å². The van der Waals surface area contributed by atoms with E-state index in [1.54, 1.807) is 0 Å². The Morgan fingerprint density at radius 2 is 1.75 bits per heavy atom. The van der Waals surface area contributed by atoms with Gasteiger partial charge in [0.05, 0.1) is 5.69 Å². The highest BCUT2D eigenvalue weighted by atomic mass is 16.2. The van der Waals surface area contributed by atoms with Gasteiger partial charge in [0.1, 0.15) is 5.82 Å². The van der Waals surface area contributed by atoms with Crippen molar-refractivity contribution in [2.75, 3.05) is 24.6 Å². The molecule has 0 saturated carbocycles. The number of fused-ring (bicyclic) bond motifs is 1. The molecule has 1 aromatic heterocycles. The molecular formula is C29H42N2O. The summed E-state index contributed by atoms with van der Waals surface area (Å²) in [6, 6.07) is 13.6. The van der Waals surface area contributed by atoms with Crippen LogP contribution in [0.15, 0.2) is 36.4 Å². The summed E-state index contributed by atoms with van der Waals surface area (Å²) in [5.74, 6) is 1.87. The first kappa shape index (κ1) is 23.3. The standard InChI is InChI=1S/C29H42N2O/c1-28(2)16-17-29(3,4)25-20-23(14-15-24(25)28)26-12-8-13-27(30-26)31-18-9-11-22(21-31)10-6-5-7-19-32/h8,12-15,20,22,32H,5-7,9-11,16-19,21H2,1-4H3. The molecule has 3 heteroatoms. The molecule has 1 aromatic carbocycles. The maximum atomic E-state index is 9.02. The summed E-state index contributed by atoms with van der Waals surface area (Å²) < 4.78 is 0. The van der Waals surface area contributed by atoms with E-state index in [9.17, 15) is 0 Å². The summed E-state index contributed by atoms with van der Waals surface area (Å²) in [6.45, 7) is 12.1. The predicted molar refractivity (Wildman–Crippen MR) is 135 cm³/mol. The van der Waals surface area contributed by atoms with Gasteiger partial charge in [-0.1, -0.05) is 58.7 Å². The Morgan fingerprint density at radius 3 is 2.53 bits per heavy atom. The fraction of sp³-hybridized carbons (Fsp3) is 0.621. The average molecular weight is 435 g/mol. The van der Waals surface area contributed by atoms with Gasteiger partial charge in [-0.3, -0.25) is 0 Å². The van der Waals surface area contributed by atoms with Crippen molar-refractivity contribution in [1.29, 1.82) is 0 Å². The Kier molecular flexibility index (Phi) is 6.95. The van der Waals surface area contributed by atoms with Crippen LogP contribution >= 0.6 is 0 Å². The number of anilines is 1. The molecule has 0 bridgehead atoms. The fourth-order valence-electron chi connectivity index (χ4n) is 5.74. The third-order valence-corrected chi connectivity index (χ3v) is 8.00. The van der Waals surface area contributed by atoms with Crippen molar-refractivity contribution in [3.8, 4) is 11.3 Å². The maximum Gasteiger partial charge on any atom is 0.129 e. The Balaban J connectivity index is 1.53. The second-order valence-electron chi connectivity index (χ2n) is 11.4. The minimum absolute atomic E-state index is 0.217. The quantitative estimate of drug-likeness (QED) is 0.483.